The zero-order valence-corrected chi connectivity index (χ0v) is 13.5. The Hall–Kier alpha value is -1.34. The van der Waals surface area contributed by atoms with Gasteiger partial charge in [0.1, 0.15) is 0 Å². The predicted octanol–water partition coefficient (Wildman–Crippen LogP) is -0.852. The molecule has 1 aliphatic carbocycles. The number of thiocarbonyl (C=S) groups is 1. The van der Waals surface area contributed by atoms with Crippen molar-refractivity contribution in [2.75, 3.05) is 26.2 Å². The van der Waals surface area contributed by atoms with Gasteiger partial charge in [-0.1, -0.05) is 0 Å². The van der Waals surface area contributed by atoms with Gasteiger partial charge >= 0.3 is 0 Å². The zero-order valence-electron chi connectivity index (χ0n) is 12.7. The number of nitrogens with one attached hydrogen (secondary N) is 2. The van der Waals surface area contributed by atoms with Crippen molar-refractivity contribution in [2.45, 2.75) is 38.1 Å². The number of piperidine rings is 1. The zero-order chi connectivity index (χ0) is 15.5. The number of hydrogen-bond donors (Lipinski definition) is 2. The van der Waals surface area contributed by atoms with Crippen LogP contribution in [0.5, 0.6) is 0 Å². The summed E-state index contributed by atoms with van der Waals surface area (Å²) in [6.45, 7) is 4.06. The first-order valence-corrected chi connectivity index (χ1v) is 8.59. The van der Waals surface area contributed by atoms with E-state index in [1.54, 1.807) is 9.80 Å². The highest BCUT2D eigenvalue weighted by atomic mass is 32.1. The van der Waals surface area contributed by atoms with E-state index in [1.165, 1.54) is 38.6 Å². The van der Waals surface area contributed by atoms with Crippen LogP contribution in [0.3, 0.4) is 0 Å². The number of aliphatic imine (C=N–C) groups is 1. The van der Waals surface area contributed by atoms with Crippen LogP contribution < -0.4 is 10.2 Å². The second-order valence-corrected chi connectivity index (χ2v) is 6.71. The smallest absolute Gasteiger partial charge is 0.247 e. The number of likely N-dealkylation sites (tertiary alicyclic amines) is 1. The molecule has 120 valence electrons. The van der Waals surface area contributed by atoms with Gasteiger partial charge in [-0.15, -0.1) is 0 Å². The van der Waals surface area contributed by atoms with Crippen LogP contribution in [0.25, 0.3) is 0 Å². The Labute approximate surface area is 135 Å². The summed E-state index contributed by atoms with van der Waals surface area (Å²) in [6, 6.07) is 0.175. The molecule has 0 radical (unpaired) electrons. The molecule has 7 heteroatoms. The van der Waals surface area contributed by atoms with Gasteiger partial charge in [0.2, 0.25) is 11.8 Å². The molecule has 2 N–H and O–H groups in total. The molecule has 0 spiro atoms. The molecule has 1 atom stereocenters. The lowest BCUT2D eigenvalue weighted by atomic mass is 10.1. The molecule has 3 aliphatic rings. The first-order valence-electron chi connectivity index (χ1n) is 8.18. The summed E-state index contributed by atoms with van der Waals surface area (Å²) in [7, 11) is 0. The minimum Gasteiger partial charge on any atom is -0.333 e. The van der Waals surface area contributed by atoms with Crippen molar-refractivity contribution >= 4 is 35.4 Å². The first-order chi connectivity index (χ1) is 10.7. The summed E-state index contributed by atoms with van der Waals surface area (Å²) >= 11 is 5.10. The normalized spacial score (nSPS) is 27.5. The van der Waals surface area contributed by atoms with E-state index in [2.05, 4.69) is 10.3 Å². The molecule has 1 unspecified atom stereocenters. The van der Waals surface area contributed by atoms with Gasteiger partial charge in [-0.3, -0.25) is 19.5 Å². The van der Waals surface area contributed by atoms with Crippen molar-refractivity contribution in [2.24, 2.45) is 10.9 Å². The lowest BCUT2D eigenvalue weighted by Crippen LogP contribution is -3.13. The fourth-order valence-electron chi connectivity index (χ4n) is 3.12. The Bertz CT molecular complexity index is 498. The molecular weight excluding hydrogens is 300 g/mol. The monoisotopic (exact) mass is 323 g/mol. The number of amides is 2. The highest BCUT2D eigenvalue weighted by Crippen LogP contribution is 2.29. The third-order valence-corrected chi connectivity index (χ3v) is 4.86. The van der Waals surface area contributed by atoms with Gasteiger partial charge in [-0.25, -0.2) is 0 Å². The largest absolute Gasteiger partial charge is 0.333 e. The maximum Gasteiger partial charge on any atom is 0.247 e. The summed E-state index contributed by atoms with van der Waals surface area (Å²) in [5.74, 6) is -1.38. The Morgan fingerprint density at radius 2 is 2.00 bits per heavy atom. The van der Waals surface area contributed by atoms with Gasteiger partial charge in [-0.05, 0) is 44.3 Å². The molecular formula is C15H23N4O2S+. The van der Waals surface area contributed by atoms with Crippen molar-refractivity contribution in [3.8, 4) is 0 Å². The van der Waals surface area contributed by atoms with Crippen LogP contribution in [0.4, 0.5) is 0 Å². The molecule has 2 saturated heterocycles. The SMILES string of the molecule is O=C1NC(=S)N(C2CC2)C(=O)C1C=NCC[NH+]1CCCCC1. The van der Waals surface area contributed by atoms with Crippen molar-refractivity contribution in [3.05, 3.63) is 0 Å². The lowest BCUT2D eigenvalue weighted by molar-refractivity contribution is -0.903. The molecule has 3 fully saturated rings. The average Bonchev–Trinajstić information content (AvgIpc) is 3.32. The lowest BCUT2D eigenvalue weighted by Gasteiger charge is -2.30. The number of quaternary nitrogens is 1. The molecule has 2 aliphatic heterocycles. The third-order valence-electron chi connectivity index (χ3n) is 4.56. The van der Waals surface area contributed by atoms with Gasteiger partial charge in [0.25, 0.3) is 0 Å². The first kappa shape index (κ1) is 15.6. The summed E-state index contributed by atoms with van der Waals surface area (Å²) in [5, 5.41) is 2.87. The number of carbonyl (C=O) groups is 2. The van der Waals surface area contributed by atoms with E-state index in [9.17, 15) is 9.59 Å². The van der Waals surface area contributed by atoms with E-state index in [1.807, 2.05) is 0 Å². The summed E-state index contributed by atoms with van der Waals surface area (Å²) in [4.78, 5) is 31.8. The standard InChI is InChI=1S/C15H22N4O2S/c20-13-12(10-16-6-9-18-7-2-1-3-8-18)14(21)19(11-4-5-11)15(22)17-13/h10-12H,1-9H2,(H,17,20,22)/p+1. The molecule has 2 amide bonds. The molecule has 1 saturated carbocycles. The number of hydrogen-bond acceptors (Lipinski definition) is 4. The Balaban J connectivity index is 1.53. The van der Waals surface area contributed by atoms with Crippen LogP contribution in [0, 0.1) is 5.92 Å². The number of nitrogens with zero attached hydrogens (tertiary/aromatic N) is 2. The van der Waals surface area contributed by atoms with Crippen LogP contribution in [0.1, 0.15) is 32.1 Å². The van der Waals surface area contributed by atoms with E-state index in [0.717, 1.165) is 19.4 Å². The third kappa shape index (κ3) is 3.52. The quantitative estimate of drug-likeness (QED) is 0.393. The van der Waals surface area contributed by atoms with Crippen molar-refractivity contribution in [3.63, 3.8) is 0 Å². The van der Waals surface area contributed by atoms with E-state index >= 15 is 0 Å². The van der Waals surface area contributed by atoms with Gasteiger partial charge in [-0.2, -0.15) is 0 Å². The molecule has 0 aromatic carbocycles. The second-order valence-electron chi connectivity index (χ2n) is 6.33. The minimum atomic E-state index is -0.816. The van der Waals surface area contributed by atoms with Gasteiger partial charge in [0, 0.05) is 12.3 Å². The predicted molar refractivity (Wildman–Crippen MR) is 86.9 cm³/mol. The summed E-state index contributed by atoms with van der Waals surface area (Å²) in [5.41, 5.74) is 0. The van der Waals surface area contributed by atoms with Crippen LogP contribution in [0.15, 0.2) is 4.99 Å². The minimum absolute atomic E-state index is 0.175. The molecule has 0 aromatic rings. The molecule has 6 nitrogen and oxygen atoms in total. The molecule has 0 aromatic heterocycles. The van der Waals surface area contributed by atoms with Crippen molar-refractivity contribution < 1.29 is 14.5 Å². The highest BCUT2D eigenvalue weighted by molar-refractivity contribution is 7.80. The molecule has 0 bridgehead atoms. The Morgan fingerprint density at radius 1 is 1.27 bits per heavy atom. The highest BCUT2D eigenvalue weighted by Gasteiger charge is 2.44. The molecule has 22 heavy (non-hydrogen) atoms. The van der Waals surface area contributed by atoms with Crippen molar-refractivity contribution in [1.82, 2.24) is 10.2 Å². The summed E-state index contributed by atoms with van der Waals surface area (Å²) < 4.78 is 0. The van der Waals surface area contributed by atoms with E-state index in [0.29, 0.717) is 6.54 Å². The van der Waals surface area contributed by atoms with Gasteiger partial charge in [0.15, 0.2) is 11.0 Å². The van der Waals surface area contributed by atoms with Gasteiger partial charge < -0.3 is 10.2 Å². The maximum absolute atomic E-state index is 12.4. The maximum atomic E-state index is 12.4. The van der Waals surface area contributed by atoms with Crippen LogP contribution in [-0.4, -0.2) is 60.3 Å². The van der Waals surface area contributed by atoms with Crippen LogP contribution in [-0.2, 0) is 9.59 Å². The fourth-order valence-corrected chi connectivity index (χ4v) is 3.46. The Kier molecular flexibility index (Phi) is 4.83. The fraction of sp³-hybridized carbons (Fsp3) is 0.733. The Morgan fingerprint density at radius 3 is 2.68 bits per heavy atom. The number of rotatable bonds is 5. The van der Waals surface area contributed by atoms with Crippen LogP contribution in [0.2, 0.25) is 0 Å². The second kappa shape index (κ2) is 6.83. The van der Waals surface area contributed by atoms with Crippen molar-refractivity contribution in [1.29, 1.82) is 0 Å². The molecule has 2 heterocycles. The van der Waals surface area contributed by atoms with E-state index < -0.39 is 5.92 Å². The van der Waals surface area contributed by atoms with Gasteiger partial charge in [0.05, 0.1) is 26.2 Å². The average molecular weight is 323 g/mol. The topological polar surface area (TPSA) is 66.2 Å². The summed E-state index contributed by atoms with van der Waals surface area (Å²) in [6.07, 6.45) is 7.35. The van der Waals surface area contributed by atoms with E-state index in [-0.39, 0.29) is 23.0 Å². The number of carbonyl (C=O) groups excluding carboxylic acids is 2. The van der Waals surface area contributed by atoms with E-state index in [4.69, 9.17) is 12.2 Å². The molecule has 3 rings (SSSR count). The van der Waals surface area contributed by atoms with Crippen LogP contribution >= 0.6 is 12.2 Å².